The number of ether oxygens (including phenoxy) is 3. The van der Waals surface area contributed by atoms with E-state index in [4.69, 9.17) is 14.2 Å². The number of hydrogen-bond donors (Lipinski definition) is 2. The van der Waals surface area contributed by atoms with Crippen LogP contribution in [0.3, 0.4) is 0 Å². The Morgan fingerprint density at radius 2 is 1.81 bits per heavy atom. The van der Waals surface area contributed by atoms with E-state index >= 15 is 0 Å². The number of H-pyrrole nitrogens is 1. The molecule has 1 heterocycles. The van der Waals surface area contributed by atoms with Crippen LogP contribution in [-0.2, 0) is 14.9 Å². The Labute approximate surface area is 183 Å². The number of para-hydroxylation sites is 1. The maximum Gasteiger partial charge on any atom is 0.340 e. The van der Waals surface area contributed by atoms with Gasteiger partial charge in [0, 0.05) is 30.3 Å². The molecule has 1 fully saturated rings. The quantitative estimate of drug-likeness (QED) is 0.470. The van der Waals surface area contributed by atoms with E-state index in [0.29, 0.717) is 35.7 Å². The van der Waals surface area contributed by atoms with Crippen LogP contribution in [0.2, 0.25) is 0 Å². The van der Waals surface area contributed by atoms with Crippen molar-refractivity contribution < 1.29 is 23.8 Å². The predicted octanol–water partition coefficient (Wildman–Crippen LogP) is 3.69. The second-order valence-electron chi connectivity index (χ2n) is 8.12. The van der Waals surface area contributed by atoms with Gasteiger partial charge in [0.15, 0.2) is 0 Å². The van der Waals surface area contributed by atoms with Gasteiger partial charge in [-0.05, 0) is 38.3 Å². The van der Waals surface area contributed by atoms with E-state index in [1.807, 2.05) is 18.2 Å². The van der Waals surface area contributed by atoms with Gasteiger partial charge in [-0.2, -0.15) is 0 Å². The number of amides is 1. The SMILES string of the molecule is COCCOC(=O)c1c(C)[nH]c(C(=O)NCC2(c3ccccc3OC)CCCC2)c1C. The highest BCUT2D eigenvalue weighted by Gasteiger charge is 2.38. The first-order valence-electron chi connectivity index (χ1n) is 10.7. The molecule has 0 bridgehead atoms. The summed E-state index contributed by atoms with van der Waals surface area (Å²) < 4.78 is 15.8. The molecule has 0 atom stereocenters. The van der Waals surface area contributed by atoms with Crippen molar-refractivity contribution in [3.05, 3.63) is 52.3 Å². The minimum absolute atomic E-state index is 0.153. The van der Waals surface area contributed by atoms with Crippen molar-refractivity contribution in [1.82, 2.24) is 10.3 Å². The van der Waals surface area contributed by atoms with Crippen molar-refractivity contribution in [2.45, 2.75) is 44.9 Å². The Balaban J connectivity index is 1.77. The topological polar surface area (TPSA) is 89.7 Å². The number of benzene rings is 1. The summed E-state index contributed by atoms with van der Waals surface area (Å²) >= 11 is 0. The number of aryl methyl sites for hydroxylation is 1. The second-order valence-corrected chi connectivity index (χ2v) is 8.12. The van der Waals surface area contributed by atoms with Gasteiger partial charge >= 0.3 is 5.97 Å². The van der Waals surface area contributed by atoms with Crippen LogP contribution in [-0.4, -0.2) is 50.8 Å². The van der Waals surface area contributed by atoms with Crippen molar-refractivity contribution in [3.8, 4) is 5.75 Å². The van der Waals surface area contributed by atoms with Crippen molar-refractivity contribution in [1.29, 1.82) is 0 Å². The molecule has 2 N–H and O–H groups in total. The van der Waals surface area contributed by atoms with Gasteiger partial charge in [-0.15, -0.1) is 0 Å². The first kappa shape index (κ1) is 22.9. The Kier molecular flexibility index (Phi) is 7.38. The fourth-order valence-corrected chi connectivity index (χ4v) is 4.59. The van der Waals surface area contributed by atoms with Crippen molar-refractivity contribution >= 4 is 11.9 Å². The summed E-state index contributed by atoms with van der Waals surface area (Å²) in [5.41, 5.74) is 2.99. The molecule has 0 unspecified atom stereocenters. The number of rotatable bonds is 9. The highest BCUT2D eigenvalue weighted by Crippen LogP contribution is 2.44. The molecular formula is C24H32N2O5. The summed E-state index contributed by atoms with van der Waals surface area (Å²) in [5, 5.41) is 3.11. The van der Waals surface area contributed by atoms with E-state index in [2.05, 4.69) is 16.4 Å². The van der Waals surface area contributed by atoms with E-state index in [0.717, 1.165) is 37.0 Å². The van der Waals surface area contributed by atoms with Gasteiger partial charge in [-0.1, -0.05) is 31.0 Å². The maximum absolute atomic E-state index is 13.1. The molecule has 1 aliphatic carbocycles. The lowest BCUT2D eigenvalue weighted by Gasteiger charge is -2.31. The van der Waals surface area contributed by atoms with E-state index in [9.17, 15) is 9.59 Å². The number of methoxy groups -OCH3 is 2. The normalized spacial score (nSPS) is 15.0. The maximum atomic E-state index is 13.1. The lowest BCUT2D eigenvalue weighted by atomic mass is 9.78. The molecule has 0 radical (unpaired) electrons. The number of carbonyl (C=O) groups is 2. The summed E-state index contributed by atoms with van der Waals surface area (Å²) in [6.45, 7) is 4.53. The molecule has 1 saturated carbocycles. The zero-order chi connectivity index (χ0) is 22.4. The van der Waals surface area contributed by atoms with E-state index < -0.39 is 5.97 Å². The molecule has 1 aliphatic rings. The number of hydrogen-bond acceptors (Lipinski definition) is 5. The third-order valence-corrected chi connectivity index (χ3v) is 6.22. The molecule has 0 spiro atoms. The third-order valence-electron chi connectivity index (χ3n) is 6.22. The number of esters is 1. The van der Waals surface area contributed by atoms with Crippen LogP contribution in [0, 0.1) is 13.8 Å². The number of aromatic nitrogens is 1. The van der Waals surface area contributed by atoms with Crippen LogP contribution < -0.4 is 10.1 Å². The summed E-state index contributed by atoms with van der Waals surface area (Å²) in [5.74, 6) is 0.174. The first-order valence-corrected chi connectivity index (χ1v) is 10.7. The van der Waals surface area contributed by atoms with Crippen LogP contribution in [0.4, 0.5) is 0 Å². The monoisotopic (exact) mass is 428 g/mol. The lowest BCUT2D eigenvalue weighted by Crippen LogP contribution is -2.39. The Morgan fingerprint density at radius 1 is 1.10 bits per heavy atom. The molecule has 7 heteroatoms. The van der Waals surface area contributed by atoms with E-state index in [-0.39, 0.29) is 17.9 Å². The predicted molar refractivity (Wildman–Crippen MR) is 118 cm³/mol. The van der Waals surface area contributed by atoms with Gasteiger partial charge in [-0.25, -0.2) is 4.79 Å². The van der Waals surface area contributed by atoms with Crippen LogP contribution in [0.5, 0.6) is 5.75 Å². The molecule has 0 saturated heterocycles. The lowest BCUT2D eigenvalue weighted by molar-refractivity contribution is 0.0387. The van der Waals surface area contributed by atoms with Gasteiger partial charge in [0.2, 0.25) is 0 Å². The van der Waals surface area contributed by atoms with Gasteiger partial charge in [0.25, 0.3) is 5.91 Å². The number of aromatic amines is 1. The minimum atomic E-state index is -0.455. The van der Waals surface area contributed by atoms with Gasteiger partial charge in [0.1, 0.15) is 18.1 Å². The highest BCUT2D eigenvalue weighted by molar-refractivity contribution is 6.00. The summed E-state index contributed by atoms with van der Waals surface area (Å²) in [7, 11) is 3.23. The molecule has 1 aromatic heterocycles. The van der Waals surface area contributed by atoms with Gasteiger partial charge in [0.05, 0.1) is 19.3 Å². The van der Waals surface area contributed by atoms with Crippen LogP contribution in [0.15, 0.2) is 24.3 Å². The summed E-state index contributed by atoms with van der Waals surface area (Å²) in [6.07, 6.45) is 4.22. The molecule has 31 heavy (non-hydrogen) atoms. The largest absolute Gasteiger partial charge is 0.496 e. The van der Waals surface area contributed by atoms with E-state index in [1.54, 1.807) is 28.1 Å². The average molecular weight is 429 g/mol. The number of nitrogens with one attached hydrogen (secondary N) is 2. The van der Waals surface area contributed by atoms with Gasteiger partial charge in [-0.3, -0.25) is 4.79 Å². The zero-order valence-electron chi connectivity index (χ0n) is 18.8. The summed E-state index contributed by atoms with van der Waals surface area (Å²) in [4.78, 5) is 28.5. The average Bonchev–Trinajstić information content (AvgIpc) is 3.37. The molecule has 3 rings (SSSR count). The molecule has 1 amide bonds. The highest BCUT2D eigenvalue weighted by atomic mass is 16.6. The van der Waals surface area contributed by atoms with Crippen molar-refractivity contribution in [2.75, 3.05) is 34.0 Å². The fourth-order valence-electron chi connectivity index (χ4n) is 4.59. The Hall–Kier alpha value is -2.80. The van der Waals surface area contributed by atoms with Crippen LogP contribution in [0.1, 0.15) is 63.4 Å². The standard InChI is InChI=1S/C24H32N2O5/c1-16-20(23(28)31-14-13-29-3)17(2)26-21(16)22(27)25-15-24(11-7-8-12-24)18-9-5-6-10-19(18)30-4/h5-6,9-10,26H,7-8,11-15H2,1-4H3,(H,25,27). The van der Waals surface area contributed by atoms with Crippen molar-refractivity contribution in [3.63, 3.8) is 0 Å². The zero-order valence-corrected chi connectivity index (χ0v) is 18.8. The van der Waals surface area contributed by atoms with Crippen LogP contribution >= 0.6 is 0 Å². The first-order chi connectivity index (χ1) is 14.9. The molecule has 7 nitrogen and oxygen atoms in total. The Morgan fingerprint density at radius 3 is 2.48 bits per heavy atom. The Bertz CT molecular complexity index is 928. The number of carbonyl (C=O) groups excluding carboxylic acids is 2. The minimum Gasteiger partial charge on any atom is -0.496 e. The van der Waals surface area contributed by atoms with E-state index in [1.165, 1.54) is 0 Å². The molecular weight excluding hydrogens is 396 g/mol. The summed E-state index contributed by atoms with van der Waals surface area (Å²) in [6, 6.07) is 8.03. The van der Waals surface area contributed by atoms with Crippen LogP contribution in [0.25, 0.3) is 0 Å². The fraction of sp³-hybridized carbons (Fsp3) is 0.500. The van der Waals surface area contributed by atoms with Gasteiger partial charge < -0.3 is 24.5 Å². The smallest absolute Gasteiger partial charge is 0.340 e. The molecule has 2 aromatic rings. The molecule has 168 valence electrons. The molecule has 1 aromatic carbocycles. The third kappa shape index (κ3) is 4.77. The van der Waals surface area contributed by atoms with Crippen molar-refractivity contribution in [2.24, 2.45) is 0 Å². The molecule has 0 aliphatic heterocycles. The second kappa shape index (κ2) is 10.0.